The lowest BCUT2D eigenvalue weighted by atomic mass is 9.35. The van der Waals surface area contributed by atoms with Gasteiger partial charge in [-0.25, -0.2) is 0 Å². The van der Waals surface area contributed by atoms with Crippen LogP contribution in [0.1, 0.15) is 172 Å². The summed E-state index contributed by atoms with van der Waals surface area (Å²) in [6, 6.07) is 38.7. The van der Waals surface area contributed by atoms with Crippen LogP contribution in [0, 0.1) is 20.8 Å². The number of aryl methyl sites for hydroxylation is 3. The Morgan fingerprint density at radius 2 is 0.986 bits per heavy atom. The molecule has 69 heavy (non-hydrogen) atoms. The highest BCUT2D eigenvalue weighted by Crippen LogP contribution is 2.55. The molecule has 3 nitrogen and oxygen atoms in total. The molecule has 12 rings (SSSR count). The summed E-state index contributed by atoms with van der Waals surface area (Å²) in [6.07, 6.45) is 7.00. The third-order valence-corrected chi connectivity index (χ3v) is 18.7. The molecule has 0 atom stereocenters. The Kier molecular flexibility index (Phi) is 9.28. The van der Waals surface area contributed by atoms with Gasteiger partial charge in [-0.1, -0.05) is 126 Å². The number of fused-ring (bicyclic) bond motifs is 9. The van der Waals surface area contributed by atoms with Gasteiger partial charge in [0.1, 0.15) is 5.58 Å². The van der Waals surface area contributed by atoms with Crippen LogP contribution in [0.25, 0.3) is 22.1 Å². The van der Waals surface area contributed by atoms with Crippen LogP contribution in [-0.2, 0) is 32.5 Å². The van der Waals surface area contributed by atoms with Gasteiger partial charge in [-0.15, -0.1) is 0 Å². The van der Waals surface area contributed by atoms with Crippen LogP contribution in [0.3, 0.4) is 0 Å². The van der Waals surface area contributed by atoms with E-state index in [4.69, 9.17) is 4.42 Å². The van der Waals surface area contributed by atoms with Crippen molar-refractivity contribution in [3.8, 4) is 11.1 Å². The standard InChI is InChI=1S/C65H73BN2O/c1-38-30-54-57-55(31-38)68(52-23-20-41(32-40(52)3)43-19-17-16-18-39(43)2)53-36-49-48(63(10,11)27-28-64(49,12)13)35-51(53)66(57)59-58(44-34-47-50(37-56(44)69-59)65(14,15)29-26-62(47,8)9)67(54)42-21-22-45-46(33-42)61(6,7)25-24-60(45,4)5/h16-23,30-37H,24-29H2,1-15H3. The van der Waals surface area contributed by atoms with Crippen LogP contribution in [0.4, 0.5) is 34.1 Å². The molecule has 0 radical (unpaired) electrons. The molecule has 5 aliphatic rings. The Hall–Kier alpha value is -5.48. The van der Waals surface area contributed by atoms with Gasteiger partial charge in [0, 0.05) is 33.8 Å². The van der Waals surface area contributed by atoms with E-state index in [0.717, 1.165) is 36.9 Å². The Morgan fingerprint density at radius 3 is 1.59 bits per heavy atom. The molecule has 6 aromatic carbocycles. The van der Waals surface area contributed by atoms with Crippen molar-refractivity contribution >= 4 is 68.4 Å². The number of hydrogen-bond donors (Lipinski definition) is 0. The number of benzene rings is 6. The van der Waals surface area contributed by atoms with Gasteiger partial charge in [-0.05, 0) is 219 Å². The molecule has 0 saturated heterocycles. The first-order chi connectivity index (χ1) is 32.4. The van der Waals surface area contributed by atoms with Crippen molar-refractivity contribution in [2.45, 2.75) is 175 Å². The van der Waals surface area contributed by atoms with Crippen molar-refractivity contribution in [2.75, 3.05) is 9.80 Å². The summed E-state index contributed by atoms with van der Waals surface area (Å²) >= 11 is 0. The molecule has 0 bridgehead atoms. The minimum atomic E-state index is -0.107. The fourth-order valence-electron chi connectivity index (χ4n) is 14.0. The lowest BCUT2D eigenvalue weighted by Gasteiger charge is -2.47. The molecule has 3 aliphatic carbocycles. The third-order valence-electron chi connectivity index (χ3n) is 18.7. The summed E-state index contributed by atoms with van der Waals surface area (Å²) in [5, 5.41) is 1.23. The maximum absolute atomic E-state index is 7.71. The molecule has 3 heterocycles. The van der Waals surface area contributed by atoms with Crippen LogP contribution in [0.15, 0.2) is 101 Å². The molecular weight excluding hydrogens is 836 g/mol. The first-order valence-corrected chi connectivity index (χ1v) is 26.3. The Morgan fingerprint density at radius 1 is 0.449 bits per heavy atom. The molecule has 1 aromatic heterocycles. The smallest absolute Gasteiger partial charge is 0.297 e. The molecule has 352 valence electrons. The van der Waals surface area contributed by atoms with Crippen molar-refractivity contribution in [2.24, 2.45) is 0 Å². The van der Waals surface area contributed by atoms with E-state index in [-0.39, 0.29) is 39.2 Å². The molecule has 4 heteroatoms. The quantitative estimate of drug-likeness (QED) is 0.165. The average Bonchev–Trinajstić information content (AvgIpc) is 3.66. The number of anilines is 6. The van der Waals surface area contributed by atoms with Crippen molar-refractivity contribution < 1.29 is 4.42 Å². The van der Waals surface area contributed by atoms with E-state index >= 15 is 0 Å². The maximum atomic E-state index is 7.71. The average molecular weight is 909 g/mol. The zero-order valence-electron chi connectivity index (χ0n) is 44.4. The highest BCUT2D eigenvalue weighted by Gasteiger charge is 2.50. The van der Waals surface area contributed by atoms with Gasteiger partial charge in [0.25, 0.3) is 6.71 Å². The van der Waals surface area contributed by atoms with Gasteiger partial charge >= 0.3 is 0 Å². The topological polar surface area (TPSA) is 19.6 Å². The fourth-order valence-corrected chi connectivity index (χ4v) is 14.0. The highest BCUT2D eigenvalue weighted by atomic mass is 16.3. The molecule has 0 spiro atoms. The second-order valence-corrected chi connectivity index (χ2v) is 26.3. The summed E-state index contributed by atoms with van der Waals surface area (Å²) in [7, 11) is 0. The van der Waals surface area contributed by atoms with Gasteiger partial charge < -0.3 is 14.2 Å². The number of hydrogen-bond acceptors (Lipinski definition) is 3. The molecule has 7 aromatic rings. The predicted molar refractivity (Wildman–Crippen MR) is 296 cm³/mol. The van der Waals surface area contributed by atoms with E-state index in [2.05, 4.69) is 211 Å². The van der Waals surface area contributed by atoms with Gasteiger partial charge in [0.2, 0.25) is 0 Å². The van der Waals surface area contributed by atoms with Gasteiger partial charge in [0.05, 0.1) is 11.3 Å². The van der Waals surface area contributed by atoms with Crippen molar-refractivity contribution in [3.63, 3.8) is 0 Å². The van der Waals surface area contributed by atoms with Crippen molar-refractivity contribution in [1.82, 2.24) is 0 Å². The first kappa shape index (κ1) is 44.7. The van der Waals surface area contributed by atoms with E-state index in [0.29, 0.717) is 0 Å². The van der Waals surface area contributed by atoms with Crippen molar-refractivity contribution in [3.05, 3.63) is 147 Å². The largest absolute Gasteiger partial charge is 0.468 e. The van der Waals surface area contributed by atoms with Crippen molar-refractivity contribution in [1.29, 1.82) is 0 Å². The Bertz CT molecular complexity index is 3350. The number of nitrogens with zero attached hydrogens (tertiary/aromatic N) is 2. The van der Waals surface area contributed by atoms with E-state index in [1.165, 1.54) is 124 Å². The summed E-state index contributed by atoms with van der Waals surface area (Å²) in [5.41, 5.74) is 27.7. The molecule has 0 amide bonds. The number of rotatable bonds is 3. The second-order valence-electron chi connectivity index (χ2n) is 26.3. The van der Waals surface area contributed by atoms with Gasteiger partial charge in [-0.3, -0.25) is 0 Å². The van der Waals surface area contributed by atoms with Crippen LogP contribution in [-0.4, -0.2) is 6.71 Å². The number of furan rings is 1. The summed E-state index contributed by atoms with van der Waals surface area (Å²) in [5.74, 6) is 0. The Labute approximate surface area is 413 Å². The zero-order valence-corrected chi connectivity index (χ0v) is 44.4. The predicted octanol–water partition coefficient (Wildman–Crippen LogP) is 16.2. The van der Waals surface area contributed by atoms with Crippen LogP contribution < -0.4 is 26.4 Å². The molecule has 2 aliphatic heterocycles. The fraction of sp³-hybridized carbons (Fsp3) is 0.415. The molecule has 0 unspecified atom stereocenters. The minimum absolute atomic E-state index is 0.0313. The van der Waals surface area contributed by atoms with E-state index in [1.807, 2.05) is 0 Å². The third kappa shape index (κ3) is 6.44. The molecule has 0 fully saturated rings. The van der Waals surface area contributed by atoms with Gasteiger partial charge in [0.15, 0.2) is 0 Å². The summed E-state index contributed by atoms with van der Waals surface area (Å²) in [4.78, 5) is 5.30. The molecule has 0 N–H and O–H groups in total. The van der Waals surface area contributed by atoms with E-state index < -0.39 is 0 Å². The van der Waals surface area contributed by atoms with E-state index in [9.17, 15) is 0 Å². The first-order valence-electron chi connectivity index (χ1n) is 26.3. The van der Waals surface area contributed by atoms with Crippen LogP contribution >= 0.6 is 0 Å². The van der Waals surface area contributed by atoms with E-state index in [1.54, 1.807) is 0 Å². The normalized spacial score (nSPS) is 20.4. The van der Waals surface area contributed by atoms with Crippen LogP contribution in [0.5, 0.6) is 0 Å². The summed E-state index contributed by atoms with van der Waals surface area (Å²) in [6.45, 7) is 36.3. The zero-order chi connectivity index (χ0) is 48.7. The molecule has 0 saturated carbocycles. The van der Waals surface area contributed by atoms with Crippen LogP contribution in [0.2, 0.25) is 0 Å². The lowest BCUT2D eigenvalue weighted by Crippen LogP contribution is -2.61. The SMILES string of the molecule is Cc1cc2c3c(c1)N(c1ccc4c(c1)C(C)(C)CCC4(C)C)c1c(oc4cc5c(cc14)C(C)(C)CCC5(C)C)B3c1cc3c(cc1N2c1ccc(-c2ccccc2C)cc1C)C(C)(C)CCC3(C)C. The second kappa shape index (κ2) is 14.3. The van der Waals surface area contributed by atoms with Gasteiger partial charge in [-0.2, -0.15) is 0 Å². The summed E-state index contributed by atoms with van der Waals surface area (Å²) < 4.78 is 7.71. The minimum Gasteiger partial charge on any atom is -0.468 e. The maximum Gasteiger partial charge on any atom is 0.297 e. The monoisotopic (exact) mass is 909 g/mol. The highest BCUT2D eigenvalue weighted by molar-refractivity contribution is 7.00. The lowest BCUT2D eigenvalue weighted by molar-refractivity contribution is 0.332. The molecular formula is C65H73BN2O. The Balaban J connectivity index is 1.20.